The maximum absolute atomic E-state index is 14.4. The molecule has 1 aromatic heterocycles. The van der Waals surface area contributed by atoms with Crippen molar-refractivity contribution in [1.82, 2.24) is 20.1 Å². The Morgan fingerprint density at radius 2 is 1.73 bits per heavy atom. The quantitative estimate of drug-likeness (QED) is 0.375. The number of aromatic nitrogens is 1. The largest absolute Gasteiger partial charge is 0.367 e. The number of hydrogen-bond acceptors (Lipinski definition) is 5. The highest BCUT2D eigenvalue weighted by atomic mass is 35.5. The van der Waals surface area contributed by atoms with Crippen molar-refractivity contribution in [2.75, 3.05) is 50.7 Å². The van der Waals surface area contributed by atoms with Gasteiger partial charge < -0.3 is 10.2 Å². The van der Waals surface area contributed by atoms with E-state index in [4.69, 9.17) is 11.6 Å². The van der Waals surface area contributed by atoms with Crippen LogP contribution in [0.4, 0.5) is 10.1 Å². The lowest BCUT2D eigenvalue weighted by atomic mass is 9.86. The van der Waals surface area contributed by atoms with Crippen LogP contribution >= 0.6 is 11.6 Å². The summed E-state index contributed by atoms with van der Waals surface area (Å²) in [5.41, 5.74) is 3.01. The number of nitrogens with zero attached hydrogens (tertiary/aromatic N) is 4. The molecule has 0 aliphatic carbocycles. The lowest BCUT2D eigenvalue weighted by molar-refractivity contribution is -0.121. The van der Waals surface area contributed by atoms with Crippen molar-refractivity contribution < 1.29 is 9.18 Å². The van der Waals surface area contributed by atoms with Gasteiger partial charge >= 0.3 is 0 Å². The molecule has 2 aliphatic heterocycles. The number of amides is 1. The Balaban J connectivity index is 1.17. The molecule has 0 spiro atoms. The first kappa shape index (κ1) is 28.5. The predicted molar refractivity (Wildman–Crippen MR) is 159 cm³/mol. The van der Waals surface area contributed by atoms with Crippen LogP contribution in [0, 0.1) is 11.7 Å². The highest BCUT2D eigenvalue weighted by Gasteiger charge is 2.35. The molecule has 5 rings (SSSR count). The van der Waals surface area contributed by atoms with Gasteiger partial charge in [-0.3, -0.25) is 19.6 Å². The zero-order chi connectivity index (χ0) is 27.7. The van der Waals surface area contributed by atoms with E-state index in [0.29, 0.717) is 30.6 Å². The van der Waals surface area contributed by atoms with Gasteiger partial charge in [0.25, 0.3) is 0 Å². The summed E-state index contributed by atoms with van der Waals surface area (Å²) in [5, 5.41) is 3.84. The Bertz CT molecular complexity index is 1240. The molecule has 2 aromatic carbocycles. The lowest BCUT2D eigenvalue weighted by Gasteiger charge is -2.47. The number of anilines is 1. The maximum Gasteiger partial charge on any atom is 0.220 e. The highest BCUT2D eigenvalue weighted by molar-refractivity contribution is 6.31. The molecule has 2 aliphatic rings. The van der Waals surface area contributed by atoms with E-state index in [0.717, 1.165) is 75.7 Å². The van der Waals surface area contributed by atoms with E-state index in [2.05, 4.69) is 37.1 Å². The van der Waals surface area contributed by atoms with Crippen molar-refractivity contribution in [1.29, 1.82) is 0 Å². The smallest absolute Gasteiger partial charge is 0.220 e. The molecule has 40 heavy (non-hydrogen) atoms. The minimum atomic E-state index is -0.154. The van der Waals surface area contributed by atoms with Crippen LogP contribution < -0.4 is 10.2 Å². The van der Waals surface area contributed by atoms with E-state index in [1.807, 2.05) is 48.8 Å². The monoisotopic (exact) mass is 563 g/mol. The number of likely N-dealkylation sites (tertiary alicyclic amines) is 1. The minimum Gasteiger partial charge on any atom is -0.367 e. The number of benzene rings is 2. The number of rotatable bonds is 10. The first-order valence-corrected chi connectivity index (χ1v) is 14.8. The fourth-order valence-corrected chi connectivity index (χ4v) is 6.43. The summed E-state index contributed by atoms with van der Waals surface area (Å²) < 4.78 is 14.4. The third-order valence-corrected chi connectivity index (χ3v) is 8.70. The molecule has 0 bridgehead atoms. The van der Waals surface area contributed by atoms with Crippen LogP contribution in [0.5, 0.6) is 0 Å². The Labute approximate surface area is 242 Å². The number of nitrogens with one attached hydrogen (secondary N) is 1. The van der Waals surface area contributed by atoms with Gasteiger partial charge in [-0.2, -0.15) is 0 Å². The third-order valence-electron chi connectivity index (χ3n) is 8.33. The number of carbonyl (C=O) groups is 1. The van der Waals surface area contributed by atoms with Crippen LogP contribution in [0.15, 0.2) is 73.1 Å². The van der Waals surface area contributed by atoms with Crippen molar-refractivity contribution in [3.63, 3.8) is 0 Å². The molecule has 6 nitrogen and oxygen atoms in total. The Kier molecular flexibility index (Phi) is 10.0. The number of para-hydroxylation sites is 1. The summed E-state index contributed by atoms with van der Waals surface area (Å²) in [4.78, 5) is 24.2. The molecule has 2 atom stereocenters. The van der Waals surface area contributed by atoms with Crippen LogP contribution in [0.25, 0.3) is 0 Å². The second-order valence-corrected chi connectivity index (χ2v) is 11.3. The van der Waals surface area contributed by atoms with E-state index >= 15 is 0 Å². The number of carbonyl (C=O) groups excluding carboxylic acids is 1. The SMILES string of the molecule is O=C(CC[C@@H]1CN(Cc2ccncc2)CC[C@@H]1N1CCN(c2ccccc2F)CC1)NCCc1ccccc1Cl. The number of pyridine rings is 1. The molecule has 8 heteroatoms. The average molecular weight is 564 g/mol. The van der Waals surface area contributed by atoms with E-state index in [-0.39, 0.29) is 11.7 Å². The molecule has 3 heterocycles. The van der Waals surface area contributed by atoms with E-state index in [9.17, 15) is 9.18 Å². The van der Waals surface area contributed by atoms with Crippen molar-refractivity contribution in [2.24, 2.45) is 5.92 Å². The minimum absolute atomic E-state index is 0.0985. The molecule has 2 saturated heterocycles. The number of piperidine rings is 1. The van der Waals surface area contributed by atoms with Crippen LogP contribution in [-0.4, -0.2) is 72.5 Å². The standard InChI is InChI=1S/C32H39ClFN5O/c33-28-6-2-1-5-26(28)13-17-36-32(40)10-9-27-24-37(23-25-11-15-35-16-12-25)18-14-30(27)38-19-21-39(22-20-38)31-8-4-3-7-29(31)34/h1-8,11-12,15-16,27,30H,9-10,13-14,17-24H2,(H,36,40)/t27-,30+/m1/s1. The van der Waals surface area contributed by atoms with Gasteiger partial charge in [-0.15, -0.1) is 0 Å². The van der Waals surface area contributed by atoms with Gasteiger partial charge in [0.1, 0.15) is 5.82 Å². The zero-order valence-corrected chi connectivity index (χ0v) is 23.8. The fraction of sp³-hybridized carbons (Fsp3) is 0.438. The number of piperazine rings is 1. The second-order valence-electron chi connectivity index (χ2n) is 10.9. The highest BCUT2D eigenvalue weighted by Crippen LogP contribution is 2.29. The predicted octanol–water partition coefficient (Wildman–Crippen LogP) is 5.03. The van der Waals surface area contributed by atoms with Gasteiger partial charge in [-0.05, 0) is 73.2 Å². The van der Waals surface area contributed by atoms with Crippen LogP contribution in [-0.2, 0) is 17.8 Å². The van der Waals surface area contributed by atoms with Crippen molar-refractivity contribution in [3.8, 4) is 0 Å². The van der Waals surface area contributed by atoms with Crippen LogP contribution in [0.1, 0.15) is 30.4 Å². The van der Waals surface area contributed by atoms with Crippen LogP contribution in [0.2, 0.25) is 5.02 Å². The molecule has 3 aromatic rings. The Hall–Kier alpha value is -3.00. The van der Waals surface area contributed by atoms with Gasteiger partial charge in [0.05, 0.1) is 5.69 Å². The Morgan fingerprint density at radius 3 is 2.50 bits per heavy atom. The van der Waals surface area contributed by atoms with Crippen LogP contribution in [0.3, 0.4) is 0 Å². The van der Waals surface area contributed by atoms with Gasteiger partial charge in [0.2, 0.25) is 5.91 Å². The third kappa shape index (κ3) is 7.59. The summed E-state index contributed by atoms with van der Waals surface area (Å²) in [7, 11) is 0. The number of hydrogen-bond donors (Lipinski definition) is 1. The number of halogens is 2. The first-order valence-electron chi connectivity index (χ1n) is 14.4. The Morgan fingerprint density at radius 1 is 0.975 bits per heavy atom. The molecular weight excluding hydrogens is 525 g/mol. The molecule has 0 saturated carbocycles. The van der Waals surface area contributed by atoms with E-state index in [1.165, 1.54) is 11.6 Å². The van der Waals surface area contributed by atoms with E-state index < -0.39 is 0 Å². The van der Waals surface area contributed by atoms with Gasteiger partial charge in [-0.1, -0.05) is 41.9 Å². The summed E-state index contributed by atoms with van der Waals surface area (Å²) in [5.74, 6) is 0.338. The lowest BCUT2D eigenvalue weighted by Crippen LogP contribution is -2.56. The fourth-order valence-electron chi connectivity index (χ4n) is 6.19. The molecule has 0 radical (unpaired) electrons. The van der Waals surface area contributed by atoms with Gasteiger partial charge in [-0.25, -0.2) is 4.39 Å². The molecule has 1 N–H and O–H groups in total. The van der Waals surface area contributed by atoms with Gasteiger partial charge in [0.15, 0.2) is 0 Å². The molecular formula is C32H39ClFN5O. The van der Waals surface area contributed by atoms with Crippen molar-refractivity contribution in [2.45, 2.75) is 38.3 Å². The maximum atomic E-state index is 14.4. The summed E-state index contributed by atoms with van der Waals surface area (Å²) in [6.45, 7) is 6.92. The summed E-state index contributed by atoms with van der Waals surface area (Å²) in [6.07, 6.45) is 6.86. The summed E-state index contributed by atoms with van der Waals surface area (Å²) in [6, 6.07) is 19.4. The topological polar surface area (TPSA) is 51.7 Å². The first-order chi connectivity index (χ1) is 19.6. The average Bonchev–Trinajstić information content (AvgIpc) is 2.98. The van der Waals surface area contributed by atoms with Crippen molar-refractivity contribution in [3.05, 3.63) is 95.0 Å². The zero-order valence-electron chi connectivity index (χ0n) is 23.0. The second kappa shape index (κ2) is 14.1. The molecule has 212 valence electrons. The summed E-state index contributed by atoms with van der Waals surface area (Å²) >= 11 is 6.27. The van der Waals surface area contributed by atoms with Gasteiger partial charge in [0, 0.05) is 75.7 Å². The van der Waals surface area contributed by atoms with E-state index in [1.54, 1.807) is 6.07 Å². The van der Waals surface area contributed by atoms with Crippen molar-refractivity contribution >= 4 is 23.2 Å². The molecule has 2 fully saturated rings. The normalized spacial score (nSPS) is 20.4. The molecule has 0 unspecified atom stereocenters. The molecule has 1 amide bonds.